The van der Waals surface area contributed by atoms with Crippen molar-refractivity contribution in [3.05, 3.63) is 50.9 Å². The first-order chi connectivity index (χ1) is 9.28. The van der Waals surface area contributed by atoms with Crippen LogP contribution in [0, 0.1) is 6.92 Å². The summed E-state index contributed by atoms with van der Waals surface area (Å²) in [6.07, 6.45) is 0. The lowest BCUT2D eigenvalue weighted by Crippen LogP contribution is -2.14. The van der Waals surface area contributed by atoms with Gasteiger partial charge in [0.25, 0.3) is 10.0 Å². The van der Waals surface area contributed by atoms with E-state index in [1.807, 2.05) is 6.07 Å². The van der Waals surface area contributed by atoms with Crippen molar-refractivity contribution < 1.29 is 8.42 Å². The van der Waals surface area contributed by atoms with E-state index in [2.05, 4.69) is 36.6 Å². The van der Waals surface area contributed by atoms with Crippen LogP contribution in [0.3, 0.4) is 0 Å². The lowest BCUT2D eigenvalue weighted by Gasteiger charge is -2.11. The van der Waals surface area contributed by atoms with Gasteiger partial charge in [-0.25, -0.2) is 8.42 Å². The van der Waals surface area contributed by atoms with Gasteiger partial charge in [0, 0.05) is 14.6 Å². The highest BCUT2D eigenvalue weighted by Crippen LogP contribution is 2.28. The third kappa shape index (κ3) is 3.53. The standard InChI is InChI=1S/C13H12Br2N2O2S/c1-8-4-10(16)7-11(5-8)20(18,19)17-13-6-9(14)2-3-12(13)15/h2-7,17H,16H2,1H3. The molecular weight excluding hydrogens is 408 g/mol. The maximum absolute atomic E-state index is 12.4. The molecule has 0 heterocycles. The summed E-state index contributed by atoms with van der Waals surface area (Å²) in [5, 5.41) is 0. The predicted octanol–water partition coefficient (Wildman–Crippen LogP) is 3.90. The number of nitrogens with two attached hydrogens (primary N) is 1. The van der Waals surface area contributed by atoms with Gasteiger partial charge in [-0.05, 0) is 64.8 Å². The normalized spacial score (nSPS) is 11.3. The molecule has 7 heteroatoms. The van der Waals surface area contributed by atoms with Crippen LogP contribution in [-0.2, 0) is 10.0 Å². The summed E-state index contributed by atoms with van der Waals surface area (Å²) >= 11 is 6.62. The third-order valence-electron chi connectivity index (χ3n) is 2.56. The first-order valence-corrected chi connectivity index (χ1v) is 8.70. The van der Waals surface area contributed by atoms with Crippen molar-refractivity contribution >= 4 is 53.3 Å². The molecule has 4 nitrogen and oxygen atoms in total. The van der Waals surface area contributed by atoms with E-state index in [9.17, 15) is 8.42 Å². The molecule has 2 rings (SSSR count). The highest BCUT2D eigenvalue weighted by Gasteiger charge is 2.16. The van der Waals surface area contributed by atoms with Gasteiger partial charge >= 0.3 is 0 Å². The molecule has 0 spiro atoms. The number of aryl methyl sites for hydroxylation is 1. The van der Waals surface area contributed by atoms with Crippen LogP contribution in [0.2, 0.25) is 0 Å². The number of rotatable bonds is 3. The minimum atomic E-state index is -3.68. The number of nitrogens with one attached hydrogen (secondary N) is 1. The second-order valence-corrected chi connectivity index (χ2v) is 7.76. The molecule has 0 atom stereocenters. The lowest BCUT2D eigenvalue weighted by atomic mass is 10.2. The molecule has 0 saturated carbocycles. The van der Waals surface area contributed by atoms with Crippen LogP contribution >= 0.6 is 31.9 Å². The molecule has 0 unspecified atom stereocenters. The van der Waals surface area contributed by atoms with Crippen LogP contribution in [0.1, 0.15) is 5.56 Å². The van der Waals surface area contributed by atoms with Crippen molar-refractivity contribution in [2.24, 2.45) is 0 Å². The van der Waals surface area contributed by atoms with Crippen LogP contribution < -0.4 is 10.5 Å². The van der Waals surface area contributed by atoms with E-state index in [-0.39, 0.29) is 4.90 Å². The van der Waals surface area contributed by atoms with Crippen LogP contribution in [0.4, 0.5) is 11.4 Å². The smallest absolute Gasteiger partial charge is 0.262 e. The van der Waals surface area contributed by atoms with Crippen molar-refractivity contribution in [3.63, 3.8) is 0 Å². The maximum Gasteiger partial charge on any atom is 0.262 e. The van der Waals surface area contributed by atoms with E-state index < -0.39 is 10.0 Å². The fraction of sp³-hybridized carbons (Fsp3) is 0.0769. The Morgan fingerprint density at radius 2 is 1.80 bits per heavy atom. The molecule has 3 N–H and O–H groups in total. The monoisotopic (exact) mass is 418 g/mol. The summed E-state index contributed by atoms with van der Waals surface area (Å²) in [5.74, 6) is 0. The first-order valence-electron chi connectivity index (χ1n) is 5.63. The van der Waals surface area contributed by atoms with Gasteiger partial charge in [0.05, 0.1) is 10.6 Å². The summed E-state index contributed by atoms with van der Waals surface area (Å²) < 4.78 is 28.7. The molecule has 0 aromatic heterocycles. The topological polar surface area (TPSA) is 72.2 Å². The van der Waals surface area contributed by atoms with E-state index in [1.54, 1.807) is 31.2 Å². The summed E-state index contributed by atoms with van der Waals surface area (Å²) in [6.45, 7) is 1.80. The number of halogens is 2. The molecule has 0 amide bonds. The van der Waals surface area contributed by atoms with Gasteiger partial charge in [0.15, 0.2) is 0 Å². The SMILES string of the molecule is Cc1cc(N)cc(S(=O)(=O)Nc2cc(Br)ccc2Br)c1. The Hall–Kier alpha value is -1.05. The second kappa shape index (κ2) is 5.75. The summed E-state index contributed by atoms with van der Waals surface area (Å²) in [5.41, 5.74) is 7.36. The number of nitrogen functional groups attached to an aromatic ring is 1. The molecule has 2 aromatic rings. The number of hydrogen-bond donors (Lipinski definition) is 2. The van der Waals surface area contributed by atoms with E-state index in [1.165, 1.54) is 6.07 Å². The average molecular weight is 420 g/mol. The molecule has 0 radical (unpaired) electrons. The third-order valence-corrected chi connectivity index (χ3v) is 5.09. The van der Waals surface area contributed by atoms with E-state index in [0.717, 1.165) is 10.0 Å². The molecule has 0 fully saturated rings. The molecule has 0 saturated heterocycles. The number of benzene rings is 2. The van der Waals surface area contributed by atoms with Crippen molar-refractivity contribution in [1.29, 1.82) is 0 Å². The molecule has 20 heavy (non-hydrogen) atoms. The quantitative estimate of drug-likeness (QED) is 0.741. The highest BCUT2D eigenvalue weighted by atomic mass is 79.9. The maximum atomic E-state index is 12.4. The van der Waals surface area contributed by atoms with Gasteiger partial charge in [-0.2, -0.15) is 0 Å². The Morgan fingerprint density at radius 1 is 1.10 bits per heavy atom. The molecule has 0 aliphatic carbocycles. The van der Waals surface area contributed by atoms with Crippen molar-refractivity contribution in [2.75, 3.05) is 10.5 Å². The predicted molar refractivity (Wildman–Crippen MR) is 88.2 cm³/mol. The molecule has 0 aliphatic heterocycles. The van der Waals surface area contributed by atoms with Gasteiger partial charge in [-0.1, -0.05) is 15.9 Å². The average Bonchev–Trinajstić information content (AvgIpc) is 2.32. The Kier molecular flexibility index (Phi) is 4.41. The molecule has 0 aliphatic rings. The number of sulfonamides is 1. The zero-order chi connectivity index (χ0) is 14.9. The largest absolute Gasteiger partial charge is 0.399 e. The van der Waals surface area contributed by atoms with Crippen LogP contribution in [0.25, 0.3) is 0 Å². The van der Waals surface area contributed by atoms with Crippen LogP contribution in [0.5, 0.6) is 0 Å². The molecule has 2 aromatic carbocycles. The minimum absolute atomic E-state index is 0.141. The van der Waals surface area contributed by atoms with Crippen LogP contribution in [-0.4, -0.2) is 8.42 Å². The Labute approximate surface area is 134 Å². The minimum Gasteiger partial charge on any atom is -0.399 e. The van der Waals surface area contributed by atoms with E-state index in [0.29, 0.717) is 15.8 Å². The van der Waals surface area contributed by atoms with Crippen molar-refractivity contribution in [2.45, 2.75) is 11.8 Å². The second-order valence-electron chi connectivity index (χ2n) is 4.31. The lowest BCUT2D eigenvalue weighted by molar-refractivity contribution is 0.601. The number of anilines is 2. The van der Waals surface area contributed by atoms with E-state index in [4.69, 9.17) is 5.73 Å². The summed E-state index contributed by atoms with van der Waals surface area (Å²) in [7, 11) is -3.68. The van der Waals surface area contributed by atoms with Crippen molar-refractivity contribution in [1.82, 2.24) is 0 Å². The molecule has 0 bridgehead atoms. The molecular formula is C13H12Br2N2O2S. The Bertz CT molecular complexity index is 741. The molecule has 106 valence electrons. The fourth-order valence-electron chi connectivity index (χ4n) is 1.71. The van der Waals surface area contributed by atoms with Gasteiger partial charge < -0.3 is 5.73 Å². The summed E-state index contributed by atoms with van der Waals surface area (Å²) in [6, 6.07) is 9.97. The van der Waals surface area contributed by atoms with Gasteiger partial charge in [0.2, 0.25) is 0 Å². The summed E-state index contributed by atoms with van der Waals surface area (Å²) in [4.78, 5) is 0.141. The highest BCUT2D eigenvalue weighted by molar-refractivity contribution is 9.11. The van der Waals surface area contributed by atoms with Gasteiger partial charge in [0.1, 0.15) is 0 Å². The van der Waals surface area contributed by atoms with E-state index >= 15 is 0 Å². The van der Waals surface area contributed by atoms with Crippen molar-refractivity contribution in [3.8, 4) is 0 Å². The zero-order valence-corrected chi connectivity index (χ0v) is 14.5. The Balaban J connectivity index is 2.43. The fourth-order valence-corrected chi connectivity index (χ4v) is 3.76. The van der Waals surface area contributed by atoms with Crippen LogP contribution in [0.15, 0.2) is 50.2 Å². The first kappa shape index (κ1) is 15.3. The Morgan fingerprint density at radius 3 is 2.45 bits per heavy atom. The zero-order valence-electron chi connectivity index (χ0n) is 10.5. The van der Waals surface area contributed by atoms with Gasteiger partial charge in [-0.3, -0.25) is 4.72 Å². The number of hydrogen-bond acceptors (Lipinski definition) is 3. The van der Waals surface area contributed by atoms with Gasteiger partial charge in [-0.15, -0.1) is 0 Å².